The molecule has 0 spiro atoms. The van der Waals surface area contributed by atoms with Crippen LogP contribution in [0.15, 0.2) is 11.6 Å². The van der Waals surface area contributed by atoms with Crippen LogP contribution in [0.3, 0.4) is 0 Å². The molecule has 1 fully saturated rings. The summed E-state index contributed by atoms with van der Waals surface area (Å²) in [4.78, 5) is 20.6. The van der Waals surface area contributed by atoms with Crippen molar-refractivity contribution in [3.63, 3.8) is 0 Å². The summed E-state index contributed by atoms with van der Waals surface area (Å²) in [5, 5.41) is 3.02. The second-order valence-electron chi connectivity index (χ2n) is 5.17. The minimum atomic E-state index is -0.781. The first kappa shape index (κ1) is 13.3. The second-order valence-corrected chi connectivity index (χ2v) is 6.04. The number of nitrogens with two attached hydrogens (primary N) is 1. The number of amides is 1. The molecule has 0 bridgehead atoms. The van der Waals surface area contributed by atoms with Gasteiger partial charge in [0.1, 0.15) is 0 Å². The summed E-state index contributed by atoms with van der Waals surface area (Å²) in [5.74, 6) is 0.0310. The number of nitrogens with zero attached hydrogens (tertiary/aromatic N) is 3. The topological polar surface area (TPSA) is 62.5 Å². The lowest BCUT2D eigenvalue weighted by Gasteiger charge is -2.28. The number of rotatable bonds is 2. The summed E-state index contributed by atoms with van der Waals surface area (Å²) < 4.78 is 0. The second kappa shape index (κ2) is 5.24. The van der Waals surface area contributed by atoms with Crippen LogP contribution in [0, 0.1) is 0 Å². The molecular weight excluding hydrogens is 248 g/mol. The van der Waals surface area contributed by atoms with Gasteiger partial charge < -0.3 is 15.5 Å². The van der Waals surface area contributed by atoms with Gasteiger partial charge in [-0.25, -0.2) is 4.98 Å². The number of hydrogen-bond acceptors (Lipinski definition) is 5. The summed E-state index contributed by atoms with van der Waals surface area (Å²) >= 11 is 1.64. The summed E-state index contributed by atoms with van der Waals surface area (Å²) in [5.41, 5.74) is 5.09. The van der Waals surface area contributed by atoms with Gasteiger partial charge in [-0.1, -0.05) is 0 Å². The van der Waals surface area contributed by atoms with Crippen molar-refractivity contribution in [2.24, 2.45) is 5.73 Å². The Kier molecular flexibility index (Phi) is 3.87. The van der Waals surface area contributed by atoms with Crippen LogP contribution >= 0.6 is 11.3 Å². The van der Waals surface area contributed by atoms with Gasteiger partial charge in [0.25, 0.3) is 0 Å². The van der Waals surface area contributed by atoms with Gasteiger partial charge in [0, 0.05) is 37.8 Å². The molecule has 2 rings (SSSR count). The van der Waals surface area contributed by atoms with E-state index in [1.54, 1.807) is 25.2 Å². The van der Waals surface area contributed by atoms with Gasteiger partial charge in [-0.2, -0.15) is 0 Å². The fourth-order valence-corrected chi connectivity index (χ4v) is 2.79. The van der Waals surface area contributed by atoms with Crippen LogP contribution in [0.1, 0.15) is 20.3 Å². The lowest BCUT2D eigenvalue weighted by atomic mass is 10.1. The van der Waals surface area contributed by atoms with Crippen LogP contribution in [0.4, 0.5) is 5.13 Å². The van der Waals surface area contributed by atoms with Crippen LogP contribution < -0.4 is 10.6 Å². The zero-order valence-corrected chi connectivity index (χ0v) is 11.7. The molecule has 2 N–H and O–H groups in total. The molecule has 0 radical (unpaired) electrons. The molecule has 18 heavy (non-hydrogen) atoms. The largest absolute Gasteiger partial charge is 0.346 e. The van der Waals surface area contributed by atoms with Crippen molar-refractivity contribution in [2.75, 3.05) is 31.1 Å². The summed E-state index contributed by atoms with van der Waals surface area (Å²) in [6, 6.07) is 0. The fourth-order valence-electron chi connectivity index (χ4n) is 2.09. The Balaban J connectivity index is 1.99. The molecule has 100 valence electrons. The summed E-state index contributed by atoms with van der Waals surface area (Å²) in [6.45, 7) is 6.80. The van der Waals surface area contributed by atoms with E-state index in [1.807, 2.05) is 16.5 Å². The van der Waals surface area contributed by atoms with Gasteiger partial charge in [-0.05, 0) is 20.3 Å². The van der Waals surface area contributed by atoms with Crippen molar-refractivity contribution in [3.8, 4) is 0 Å². The molecule has 0 aliphatic carbocycles. The lowest BCUT2D eigenvalue weighted by molar-refractivity contribution is -0.135. The van der Waals surface area contributed by atoms with E-state index in [4.69, 9.17) is 5.73 Å². The van der Waals surface area contributed by atoms with Crippen molar-refractivity contribution >= 4 is 22.4 Å². The number of thiazole rings is 1. The van der Waals surface area contributed by atoms with E-state index >= 15 is 0 Å². The highest BCUT2D eigenvalue weighted by Gasteiger charge is 2.29. The Morgan fingerprint density at radius 3 is 2.78 bits per heavy atom. The van der Waals surface area contributed by atoms with Gasteiger partial charge >= 0.3 is 0 Å². The number of anilines is 1. The van der Waals surface area contributed by atoms with Crippen molar-refractivity contribution < 1.29 is 4.79 Å². The molecule has 5 nitrogen and oxygen atoms in total. The molecular formula is C12H20N4OS. The van der Waals surface area contributed by atoms with E-state index in [0.717, 1.165) is 37.7 Å². The van der Waals surface area contributed by atoms with Crippen molar-refractivity contribution in [1.82, 2.24) is 9.88 Å². The van der Waals surface area contributed by atoms with Crippen LogP contribution in [0.2, 0.25) is 0 Å². The van der Waals surface area contributed by atoms with Crippen LogP contribution in [-0.4, -0.2) is 47.5 Å². The third-order valence-corrected chi connectivity index (χ3v) is 3.86. The Bertz CT molecular complexity index is 399. The number of carbonyl (C=O) groups is 1. The lowest BCUT2D eigenvalue weighted by Crippen LogP contribution is -2.52. The highest BCUT2D eigenvalue weighted by atomic mass is 32.1. The Hall–Kier alpha value is -1.14. The minimum absolute atomic E-state index is 0.0310. The molecule has 6 heteroatoms. The average molecular weight is 268 g/mol. The van der Waals surface area contributed by atoms with Crippen LogP contribution in [0.25, 0.3) is 0 Å². The van der Waals surface area contributed by atoms with E-state index in [1.165, 1.54) is 0 Å². The normalized spacial score (nSPS) is 17.7. The van der Waals surface area contributed by atoms with Gasteiger partial charge in [0.05, 0.1) is 5.54 Å². The highest BCUT2D eigenvalue weighted by molar-refractivity contribution is 7.13. The molecule has 1 aliphatic rings. The average Bonchev–Trinajstić information content (AvgIpc) is 2.72. The van der Waals surface area contributed by atoms with Gasteiger partial charge in [-0.15, -0.1) is 11.3 Å². The van der Waals surface area contributed by atoms with E-state index in [0.29, 0.717) is 0 Å². The zero-order valence-electron chi connectivity index (χ0n) is 10.9. The first-order valence-corrected chi connectivity index (χ1v) is 7.09. The van der Waals surface area contributed by atoms with Crippen molar-refractivity contribution in [1.29, 1.82) is 0 Å². The fraction of sp³-hybridized carbons (Fsp3) is 0.667. The first-order chi connectivity index (χ1) is 8.48. The van der Waals surface area contributed by atoms with Gasteiger partial charge in [-0.3, -0.25) is 4.79 Å². The molecule has 1 amide bonds. The molecule has 0 atom stereocenters. The zero-order chi connectivity index (χ0) is 13.2. The molecule has 1 saturated heterocycles. The van der Waals surface area contributed by atoms with E-state index in [9.17, 15) is 4.79 Å². The number of carbonyl (C=O) groups excluding carboxylic acids is 1. The Morgan fingerprint density at radius 1 is 1.39 bits per heavy atom. The molecule has 2 heterocycles. The third kappa shape index (κ3) is 3.00. The third-order valence-electron chi connectivity index (χ3n) is 3.02. The van der Waals surface area contributed by atoms with Crippen molar-refractivity contribution in [3.05, 3.63) is 11.6 Å². The molecule has 0 saturated carbocycles. The van der Waals surface area contributed by atoms with Crippen molar-refractivity contribution in [2.45, 2.75) is 25.8 Å². The number of aromatic nitrogens is 1. The maximum atomic E-state index is 12.1. The Labute approximate surface area is 112 Å². The van der Waals surface area contributed by atoms with Crippen LogP contribution in [0.5, 0.6) is 0 Å². The minimum Gasteiger partial charge on any atom is -0.346 e. The SMILES string of the molecule is CC(C)(N)C(=O)N1CCCN(c2nccs2)CC1. The first-order valence-electron chi connectivity index (χ1n) is 6.21. The quantitative estimate of drug-likeness (QED) is 0.866. The summed E-state index contributed by atoms with van der Waals surface area (Å²) in [7, 11) is 0. The molecule has 1 aromatic rings. The maximum absolute atomic E-state index is 12.1. The monoisotopic (exact) mass is 268 g/mol. The molecule has 1 aliphatic heterocycles. The standard InChI is InChI=1S/C12H20N4OS/c1-12(2,13)10(17)15-5-3-6-16(8-7-15)11-14-4-9-18-11/h4,9H,3,5-8,13H2,1-2H3. The van der Waals surface area contributed by atoms with E-state index < -0.39 is 5.54 Å². The molecule has 1 aromatic heterocycles. The number of hydrogen-bond donors (Lipinski definition) is 1. The smallest absolute Gasteiger partial charge is 0.242 e. The van der Waals surface area contributed by atoms with Crippen LogP contribution in [-0.2, 0) is 4.79 Å². The predicted octanol–water partition coefficient (Wildman–Crippen LogP) is 0.919. The maximum Gasteiger partial charge on any atom is 0.242 e. The van der Waals surface area contributed by atoms with Gasteiger partial charge in [0.15, 0.2) is 5.13 Å². The van der Waals surface area contributed by atoms with E-state index in [2.05, 4.69) is 9.88 Å². The predicted molar refractivity (Wildman–Crippen MR) is 73.8 cm³/mol. The summed E-state index contributed by atoms with van der Waals surface area (Å²) in [6.07, 6.45) is 2.78. The molecule has 0 unspecified atom stereocenters. The van der Waals surface area contributed by atoms with Gasteiger partial charge in [0.2, 0.25) is 5.91 Å². The highest BCUT2D eigenvalue weighted by Crippen LogP contribution is 2.19. The molecule has 0 aromatic carbocycles. The Morgan fingerprint density at radius 2 is 2.17 bits per heavy atom. The van der Waals surface area contributed by atoms with E-state index in [-0.39, 0.29) is 5.91 Å².